The third kappa shape index (κ3) is 5.23. The number of rotatable bonds is 9. The minimum Gasteiger partial charge on any atom is -0.466 e. The van der Waals surface area contributed by atoms with Gasteiger partial charge in [-0.15, -0.1) is 0 Å². The van der Waals surface area contributed by atoms with Crippen LogP contribution in [0.5, 0.6) is 0 Å². The molecule has 0 saturated carbocycles. The van der Waals surface area contributed by atoms with Crippen LogP contribution in [0.2, 0.25) is 0 Å². The molecule has 1 rings (SSSR count). The highest BCUT2D eigenvalue weighted by molar-refractivity contribution is 9.10. The second-order valence-corrected chi connectivity index (χ2v) is 5.26. The lowest BCUT2D eigenvalue weighted by molar-refractivity contribution is 0.386. The Labute approximate surface area is 112 Å². The lowest BCUT2D eigenvalue weighted by atomic mass is 10.0. The molecule has 0 aliphatic rings. The van der Waals surface area contributed by atoms with E-state index < -0.39 is 0 Å². The third-order valence-corrected chi connectivity index (χ3v) is 3.66. The smallest absolute Gasteiger partial charge is 0.136 e. The van der Waals surface area contributed by atoms with E-state index in [4.69, 9.17) is 10.3 Å². The van der Waals surface area contributed by atoms with E-state index in [0.29, 0.717) is 0 Å². The predicted molar refractivity (Wildman–Crippen MR) is 74.5 cm³/mol. The van der Waals surface area contributed by atoms with Gasteiger partial charge in [0, 0.05) is 0 Å². The van der Waals surface area contributed by atoms with Gasteiger partial charge in [-0.05, 0) is 28.4 Å². The summed E-state index contributed by atoms with van der Waals surface area (Å²) in [5.41, 5.74) is 2.82. The van der Waals surface area contributed by atoms with Gasteiger partial charge < -0.3 is 4.42 Å². The largest absolute Gasteiger partial charge is 0.466 e. The average molecular weight is 303 g/mol. The molecule has 0 aliphatic heterocycles. The number of nitrogens with one attached hydrogen (secondary N) is 1. The van der Waals surface area contributed by atoms with Gasteiger partial charge in [0.25, 0.3) is 0 Å². The molecule has 17 heavy (non-hydrogen) atoms. The molecule has 4 heteroatoms. The minimum absolute atomic E-state index is 0.116. The van der Waals surface area contributed by atoms with Crippen LogP contribution in [-0.4, -0.2) is 0 Å². The van der Waals surface area contributed by atoms with Gasteiger partial charge in [-0.25, -0.2) is 5.43 Å². The number of unbranched alkanes of at least 4 members (excludes halogenated alkanes) is 5. The Morgan fingerprint density at radius 1 is 1.29 bits per heavy atom. The molecule has 1 aromatic rings. The van der Waals surface area contributed by atoms with Gasteiger partial charge in [0.2, 0.25) is 0 Å². The van der Waals surface area contributed by atoms with Gasteiger partial charge in [-0.1, -0.05) is 45.4 Å². The highest BCUT2D eigenvalue weighted by atomic mass is 79.9. The van der Waals surface area contributed by atoms with Crippen LogP contribution in [0.3, 0.4) is 0 Å². The van der Waals surface area contributed by atoms with E-state index in [1.807, 2.05) is 6.07 Å². The monoisotopic (exact) mass is 302 g/mol. The molecule has 0 fully saturated rings. The molecular weight excluding hydrogens is 280 g/mol. The van der Waals surface area contributed by atoms with Crippen LogP contribution in [0.15, 0.2) is 21.2 Å². The topological polar surface area (TPSA) is 51.2 Å². The molecule has 0 bridgehead atoms. The van der Waals surface area contributed by atoms with E-state index in [2.05, 4.69) is 28.3 Å². The lowest BCUT2D eigenvalue weighted by Crippen LogP contribution is -2.27. The first kappa shape index (κ1) is 14.7. The number of nitrogens with two attached hydrogens (primary N) is 1. The highest BCUT2D eigenvalue weighted by Gasteiger charge is 2.15. The molecule has 0 amide bonds. The maximum Gasteiger partial charge on any atom is 0.136 e. The van der Waals surface area contributed by atoms with Crippen LogP contribution in [0, 0.1) is 0 Å². The molecule has 0 spiro atoms. The van der Waals surface area contributed by atoms with Crippen molar-refractivity contribution in [2.75, 3.05) is 0 Å². The quantitative estimate of drug-likeness (QED) is 0.406. The number of furan rings is 1. The van der Waals surface area contributed by atoms with Crippen molar-refractivity contribution >= 4 is 15.9 Å². The van der Waals surface area contributed by atoms with Crippen LogP contribution in [-0.2, 0) is 0 Å². The van der Waals surface area contributed by atoms with Crippen LogP contribution in [0.4, 0.5) is 0 Å². The van der Waals surface area contributed by atoms with E-state index >= 15 is 0 Å². The van der Waals surface area contributed by atoms with Gasteiger partial charge in [-0.3, -0.25) is 5.84 Å². The summed E-state index contributed by atoms with van der Waals surface area (Å²) in [4.78, 5) is 0. The molecule has 3 nitrogen and oxygen atoms in total. The molecule has 0 radical (unpaired) electrons. The maximum absolute atomic E-state index is 5.56. The first-order valence-electron chi connectivity index (χ1n) is 6.48. The highest BCUT2D eigenvalue weighted by Crippen LogP contribution is 2.27. The van der Waals surface area contributed by atoms with Crippen LogP contribution in [0.1, 0.15) is 63.7 Å². The summed E-state index contributed by atoms with van der Waals surface area (Å²) < 4.78 is 6.42. The summed E-state index contributed by atoms with van der Waals surface area (Å²) in [5, 5.41) is 0. The van der Waals surface area contributed by atoms with Crippen LogP contribution in [0.25, 0.3) is 0 Å². The summed E-state index contributed by atoms with van der Waals surface area (Å²) in [6.07, 6.45) is 10.5. The Morgan fingerprint density at radius 3 is 2.59 bits per heavy atom. The van der Waals surface area contributed by atoms with Gasteiger partial charge in [0.05, 0.1) is 16.8 Å². The Morgan fingerprint density at radius 2 is 2.00 bits per heavy atom. The van der Waals surface area contributed by atoms with Crippen molar-refractivity contribution < 1.29 is 4.42 Å². The Bertz CT molecular complexity index is 301. The predicted octanol–water partition coefficient (Wildman–Crippen LogP) is 4.30. The number of hydrazine groups is 1. The summed E-state index contributed by atoms with van der Waals surface area (Å²) >= 11 is 3.46. The van der Waals surface area contributed by atoms with Crippen LogP contribution >= 0.6 is 15.9 Å². The maximum atomic E-state index is 5.56. The van der Waals surface area contributed by atoms with Crippen molar-refractivity contribution in [2.24, 2.45) is 5.84 Å². The molecule has 1 atom stereocenters. The average Bonchev–Trinajstić information content (AvgIpc) is 2.75. The fourth-order valence-corrected chi connectivity index (χ4v) is 2.45. The molecule has 0 saturated heterocycles. The van der Waals surface area contributed by atoms with Crippen LogP contribution < -0.4 is 11.3 Å². The molecule has 98 valence electrons. The molecular formula is C13H23BrN2O. The second-order valence-electron chi connectivity index (χ2n) is 4.41. The molecule has 1 heterocycles. The Hall–Kier alpha value is -0.320. The van der Waals surface area contributed by atoms with E-state index in [9.17, 15) is 0 Å². The van der Waals surface area contributed by atoms with E-state index in [1.54, 1.807) is 6.26 Å². The zero-order valence-electron chi connectivity index (χ0n) is 10.5. The van der Waals surface area contributed by atoms with Gasteiger partial charge in [-0.2, -0.15) is 0 Å². The van der Waals surface area contributed by atoms with Gasteiger partial charge >= 0.3 is 0 Å². The van der Waals surface area contributed by atoms with Crippen molar-refractivity contribution in [3.05, 3.63) is 22.6 Å². The molecule has 1 aromatic heterocycles. The number of hydrogen-bond donors (Lipinski definition) is 2. The number of halogens is 1. The van der Waals surface area contributed by atoms with Gasteiger partial charge in [0.1, 0.15) is 5.76 Å². The van der Waals surface area contributed by atoms with Crippen molar-refractivity contribution in [1.82, 2.24) is 5.43 Å². The first-order valence-corrected chi connectivity index (χ1v) is 7.28. The summed E-state index contributed by atoms with van der Waals surface area (Å²) in [7, 11) is 0. The zero-order chi connectivity index (χ0) is 12.5. The Balaban J connectivity index is 2.22. The fourth-order valence-electron chi connectivity index (χ4n) is 1.97. The normalized spacial score (nSPS) is 12.9. The van der Waals surface area contributed by atoms with Gasteiger partial charge in [0.15, 0.2) is 0 Å². The Kier molecular flexibility index (Phi) is 7.56. The summed E-state index contributed by atoms with van der Waals surface area (Å²) in [5.74, 6) is 6.47. The number of hydrogen-bond acceptors (Lipinski definition) is 3. The fraction of sp³-hybridized carbons (Fsp3) is 0.692. The zero-order valence-corrected chi connectivity index (χ0v) is 12.1. The summed E-state index contributed by atoms with van der Waals surface area (Å²) in [6, 6.07) is 2.02. The molecule has 0 aliphatic carbocycles. The summed E-state index contributed by atoms with van der Waals surface area (Å²) in [6.45, 7) is 2.24. The first-order chi connectivity index (χ1) is 8.29. The van der Waals surface area contributed by atoms with Crippen molar-refractivity contribution in [2.45, 2.75) is 57.9 Å². The molecule has 3 N–H and O–H groups in total. The van der Waals surface area contributed by atoms with E-state index in [1.165, 1.54) is 38.5 Å². The second kappa shape index (κ2) is 8.72. The third-order valence-electron chi connectivity index (χ3n) is 3.01. The standard InChI is InChI=1S/C13H23BrN2O/c1-2-3-4-5-6-7-8-12(16-15)13-11(14)9-10-17-13/h9-10,12,16H,2-8,15H2,1H3. The van der Waals surface area contributed by atoms with Crippen molar-refractivity contribution in [3.8, 4) is 0 Å². The van der Waals surface area contributed by atoms with E-state index in [-0.39, 0.29) is 6.04 Å². The van der Waals surface area contributed by atoms with Crippen molar-refractivity contribution in [3.63, 3.8) is 0 Å². The molecule has 0 aromatic carbocycles. The lowest BCUT2D eigenvalue weighted by Gasteiger charge is -2.13. The molecule has 1 unspecified atom stereocenters. The SMILES string of the molecule is CCCCCCCCC(NN)c1occc1Br. The van der Waals surface area contributed by atoms with E-state index in [0.717, 1.165) is 16.7 Å². The van der Waals surface area contributed by atoms with Crippen molar-refractivity contribution in [1.29, 1.82) is 0 Å². The minimum atomic E-state index is 0.116.